The normalized spacial score (nSPS) is 11.3. The summed E-state index contributed by atoms with van der Waals surface area (Å²) < 4.78 is 0. The first-order valence-corrected chi connectivity index (χ1v) is 17.8. The molecule has 6 nitrogen and oxygen atoms in total. The highest BCUT2D eigenvalue weighted by Gasteiger charge is 2.13. The van der Waals surface area contributed by atoms with Crippen LogP contribution in [-0.2, 0) is 0 Å². The van der Waals surface area contributed by atoms with Gasteiger partial charge in [0.25, 0.3) is 0 Å². The highest BCUT2D eigenvalue weighted by molar-refractivity contribution is 6.26. The zero-order chi connectivity index (χ0) is 35.8. The van der Waals surface area contributed by atoms with Gasteiger partial charge in [0.1, 0.15) is 0 Å². The van der Waals surface area contributed by atoms with Gasteiger partial charge < -0.3 is 0 Å². The van der Waals surface area contributed by atoms with Crippen molar-refractivity contribution >= 4 is 53.9 Å². The van der Waals surface area contributed by atoms with Crippen molar-refractivity contribution in [3.05, 3.63) is 183 Å². The fourth-order valence-corrected chi connectivity index (χ4v) is 7.43. The Bertz CT molecular complexity index is 2800. The highest BCUT2D eigenvalue weighted by atomic mass is 14.9. The van der Waals surface area contributed by atoms with Crippen molar-refractivity contribution in [1.29, 1.82) is 0 Å². The molecule has 0 saturated heterocycles. The summed E-state index contributed by atoms with van der Waals surface area (Å²) in [6.07, 6.45) is 11.0. The molecule has 252 valence electrons. The van der Waals surface area contributed by atoms with Crippen LogP contribution in [0.5, 0.6) is 0 Å². The number of hydrogen-bond acceptors (Lipinski definition) is 6. The van der Waals surface area contributed by atoms with E-state index in [2.05, 4.69) is 119 Å². The zero-order valence-electron chi connectivity index (χ0n) is 29.0. The van der Waals surface area contributed by atoms with E-state index in [9.17, 15) is 0 Å². The standard InChI is InChI=1S/C48H30N6/c1-2-14-38-37(13-1)41-21-19-31(47-51-27-33(28-52-47)45-17-7-9-23-49-45)25-43(41)39-15-5-3-11-35(39)36-12-4-6-16-40(36)44-26-32(20-22-42(38)44)48-53-29-34(30-54-48)46-18-8-10-24-50-46/h1-30H. The van der Waals surface area contributed by atoms with E-state index in [4.69, 9.17) is 19.9 Å². The Kier molecular flexibility index (Phi) is 7.69. The van der Waals surface area contributed by atoms with Crippen LogP contribution in [0.2, 0.25) is 0 Å². The van der Waals surface area contributed by atoms with Crippen molar-refractivity contribution in [2.75, 3.05) is 0 Å². The van der Waals surface area contributed by atoms with E-state index in [1.54, 1.807) is 12.4 Å². The molecule has 6 heteroatoms. The molecule has 0 N–H and O–H groups in total. The first kappa shape index (κ1) is 31.3. The molecule has 0 fully saturated rings. The lowest BCUT2D eigenvalue weighted by Gasteiger charge is -2.12. The molecular formula is C48H30N6. The maximum atomic E-state index is 4.80. The monoisotopic (exact) mass is 690 g/mol. The van der Waals surface area contributed by atoms with Crippen LogP contribution >= 0.6 is 0 Å². The van der Waals surface area contributed by atoms with Gasteiger partial charge in [-0.25, -0.2) is 19.9 Å². The van der Waals surface area contributed by atoms with Crippen LogP contribution in [0.4, 0.5) is 0 Å². The van der Waals surface area contributed by atoms with Gasteiger partial charge in [0.05, 0.1) is 11.4 Å². The Labute approximate surface area is 310 Å². The van der Waals surface area contributed by atoms with E-state index < -0.39 is 0 Å². The van der Waals surface area contributed by atoms with Gasteiger partial charge in [-0.2, -0.15) is 0 Å². The van der Waals surface area contributed by atoms with Crippen molar-refractivity contribution in [1.82, 2.24) is 29.9 Å². The fraction of sp³-hybridized carbons (Fsp3) is 0. The maximum Gasteiger partial charge on any atom is 0.159 e. The summed E-state index contributed by atoms with van der Waals surface area (Å²) in [5, 5.41) is 11.3. The number of fused-ring (bicyclic) bond motifs is 10. The summed E-state index contributed by atoms with van der Waals surface area (Å²) in [5.41, 5.74) is 5.33. The number of aromatic nitrogens is 6. The third-order valence-electron chi connectivity index (χ3n) is 10.0. The Morgan fingerprint density at radius 3 is 0.889 bits per heavy atom. The fourth-order valence-electron chi connectivity index (χ4n) is 7.43. The van der Waals surface area contributed by atoms with Gasteiger partial charge in [-0.3, -0.25) is 9.97 Å². The molecule has 0 spiro atoms. The first-order valence-electron chi connectivity index (χ1n) is 17.8. The minimum Gasteiger partial charge on any atom is -0.256 e. The Hall–Kier alpha value is -7.44. The molecule has 0 atom stereocenters. The average molecular weight is 691 g/mol. The molecule has 0 bridgehead atoms. The largest absolute Gasteiger partial charge is 0.256 e. The third kappa shape index (κ3) is 5.54. The predicted molar refractivity (Wildman–Crippen MR) is 220 cm³/mol. The van der Waals surface area contributed by atoms with Crippen LogP contribution in [0.15, 0.2) is 183 Å². The first-order chi connectivity index (χ1) is 26.8. The van der Waals surface area contributed by atoms with Crippen LogP contribution in [-0.4, -0.2) is 29.9 Å². The van der Waals surface area contributed by atoms with Gasteiger partial charge in [-0.1, -0.05) is 109 Å². The quantitative estimate of drug-likeness (QED) is 0.183. The van der Waals surface area contributed by atoms with Gasteiger partial charge in [-0.05, 0) is 90.3 Å². The van der Waals surface area contributed by atoms with Crippen LogP contribution in [0.3, 0.4) is 0 Å². The molecular weight excluding hydrogens is 661 g/mol. The second-order valence-electron chi connectivity index (χ2n) is 13.2. The molecule has 4 aromatic heterocycles. The Morgan fingerprint density at radius 2 is 0.556 bits per heavy atom. The molecule has 6 aromatic carbocycles. The van der Waals surface area contributed by atoms with Crippen molar-refractivity contribution in [3.8, 4) is 45.3 Å². The predicted octanol–water partition coefficient (Wildman–Crippen LogP) is 11.6. The molecule has 0 saturated carbocycles. The minimum absolute atomic E-state index is 0.661. The van der Waals surface area contributed by atoms with Crippen LogP contribution < -0.4 is 0 Å². The lowest BCUT2D eigenvalue weighted by molar-refractivity contribution is 1.17. The number of pyridine rings is 2. The van der Waals surface area contributed by atoms with Crippen LogP contribution in [0.1, 0.15) is 0 Å². The molecule has 10 rings (SSSR count). The van der Waals surface area contributed by atoms with Crippen molar-refractivity contribution in [2.24, 2.45) is 0 Å². The number of benzene rings is 5. The summed E-state index contributed by atoms with van der Waals surface area (Å²) in [6, 6.07) is 50.9. The molecule has 0 aliphatic carbocycles. The summed E-state index contributed by atoms with van der Waals surface area (Å²) >= 11 is 0. The Morgan fingerprint density at radius 1 is 0.241 bits per heavy atom. The van der Waals surface area contributed by atoms with Gasteiger partial charge in [0, 0.05) is 59.4 Å². The average Bonchev–Trinajstić information content (AvgIpc) is 3.26. The lowest BCUT2D eigenvalue weighted by Crippen LogP contribution is -1.92. The van der Waals surface area contributed by atoms with Gasteiger partial charge >= 0.3 is 0 Å². The smallest absolute Gasteiger partial charge is 0.159 e. The van der Waals surface area contributed by atoms with Gasteiger partial charge in [0.2, 0.25) is 0 Å². The molecule has 0 aliphatic heterocycles. The molecule has 0 amide bonds. The van der Waals surface area contributed by atoms with E-state index >= 15 is 0 Å². The van der Waals surface area contributed by atoms with E-state index in [-0.39, 0.29) is 0 Å². The summed E-state index contributed by atoms with van der Waals surface area (Å²) in [5.74, 6) is 1.32. The molecule has 4 heterocycles. The molecule has 0 unspecified atom stereocenters. The Balaban J connectivity index is 1.25. The van der Waals surface area contributed by atoms with Gasteiger partial charge in [-0.15, -0.1) is 0 Å². The minimum atomic E-state index is 0.661. The van der Waals surface area contributed by atoms with E-state index in [0.29, 0.717) is 11.6 Å². The number of nitrogens with zero attached hydrogens (tertiary/aromatic N) is 6. The molecule has 0 aliphatic rings. The second-order valence-corrected chi connectivity index (χ2v) is 13.2. The summed E-state index contributed by atoms with van der Waals surface area (Å²) in [7, 11) is 0. The number of hydrogen-bond donors (Lipinski definition) is 0. The molecule has 10 aromatic rings. The second kappa shape index (κ2) is 13.3. The van der Waals surface area contributed by atoms with E-state index in [1.165, 1.54) is 0 Å². The molecule has 54 heavy (non-hydrogen) atoms. The third-order valence-corrected chi connectivity index (χ3v) is 10.0. The van der Waals surface area contributed by atoms with E-state index in [1.807, 2.05) is 61.2 Å². The van der Waals surface area contributed by atoms with Crippen molar-refractivity contribution in [2.45, 2.75) is 0 Å². The highest BCUT2D eigenvalue weighted by Crippen LogP contribution is 2.38. The molecule has 0 radical (unpaired) electrons. The van der Waals surface area contributed by atoms with Crippen LogP contribution in [0.25, 0.3) is 99.2 Å². The topological polar surface area (TPSA) is 77.3 Å². The lowest BCUT2D eigenvalue weighted by atomic mass is 9.93. The van der Waals surface area contributed by atoms with E-state index in [0.717, 1.165) is 87.5 Å². The van der Waals surface area contributed by atoms with Crippen molar-refractivity contribution < 1.29 is 0 Å². The van der Waals surface area contributed by atoms with Crippen molar-refractivity contribution in [3.63, 3.8) is 0 Å². The summed E-state index contributed by atoms with van der Waals surface area (Å²) in [6.45, 7) is 0. The van der Waals surface area contributed by atoms with Gasteiger partial charge in [0.15, 0.2) is 11.6 Å². The van der Waals surface area contributed by atoms with Crippen LogP contribution in [0, 0.1) is 0 Å². The number of rotatable bonds is 4. The SMILES string of the molecule is c1ccc(-c2cnc(-c3ccc4c5ccccc5c5ccc(-c6ncc(-c7ccccn7)cn6)cc5c5ccccc5c5ccccc5c4c3)nc2)nc1. The zero-order valence-corrected chi connectivity index (χ0v) is 29.0. The maximum absolute atomic E-state index is 4.80. The summed E-state index contributed by atoms with van der Waals surface area (Å²) in [4.78, 5) is 28.2.